The van der Waals surface area contributed by atoms with Gasteiger partial charge in [-0.25, -0.2) is 0 Å². The van der Waals surface area contributed by atoms with E-state index < -0.39 is 26.5 Å². The number of nitrogens with zero attached hydrogens (tertiary/aromatic N) is 1. The number of phosphoric ester groups is 1. The fraction of sp³-hybridized carbons (Fsp3) is 0.815. The molecule has 75 heavy (non-hydrogen) atoms. The van der Waals surface area contributed by atoms with Crippen LogP contribution in [0.25, 0.3) is 0 Å². The quantitative estimate of drug-likeness (QED) is 0.0195. The Balaban J connectivity index is 4.09. The van der Waals surface area contributed by atoms with E-state index in [1.54, 1.807) is 0 Å². The topological polar surface area (TPSA) is 111 Å². The lowest BCUT2D eigenvalue weighted by Gasteiger charge is -2.28. The van der Waals surface area contributed by atoms with Crippen LogP contribution >= 0.6 is 7.82 Å². The zero-order valence-corrected chi connectivity index (χ0v) is 50.6. The highest BCUT2D eigenvalue weighted by molar-refractivity contribution is 7.45. The molecule has 0 aliphatic carbocycles. The molecule has 0 aromatic rings. The van der Waals surface area contributed by atoms with Gasteiger partial charge >= 0.3 is 11.9 Å². The minimum atomic E-state index is -4.64. The number of hydrogen-bond donors (Lipinski definition) is 0. The molecule has 0 aromatic carbocycles. The van der Waals surface area contributed by atoms with E-state index in [1.807, 2.05) is 21.1 Å². The van der Waals surface area contributed by atoms with E-state index in [-0.39, 0.29) is 32.0 Å². The lowest BCUT2D eigenvalue weighted by atomic mass is 10.0. The zero-order valence-electron chi connectivity index (χ0n) is 49.7. The first-order valence-corrected chi connectivity index (χ1v) is 33.0. The number of carbonyl (C=O) groups is 2. The van der Waals surface area contributed by atoms with Gasteiger partial charge in [-0.15, -0.1) is 0 Å². The SMILES string of the molecule is CC/C=C\C/C=C\C/C=C\C/C=C\C/C=C\CCCCCCCCCCCCCCCC(=O)OC(COC(=O)CCCCCCCCCCCCCCCCCCCCCCCC)COP(=O)([O-])OCC[N+](C)(C)C. The Hall–Kier alpha value is -2.29. The first kappa shape index (κ1) is 72.7. The highest BCUT2D eigenvalue weighted by Gasteiger charge is 2.22. The van der Waals surface area contributed by atoms with E-state index >= 15 is 0 Å². The van der Waals surface area contributed by atoms with E-state index in [0.29, 0.717) is 17.4 Å². The van der Waals surface area contributed by atoms with Crippen LogP contribution in [-0.2, 0) is 32.7 Å². The maximum Gasteiger partial charge on any atom is 0.306 e. The molecule has 0 rings (SSSR count). The normalized spacial score (nSPS) is 13.6. The van der Waals surface area contributed by atoms with Gasteiger partial charge in [-0.1, -0.05) is 280 Å². The standard InChI is InChI=1S/C65H120NO8P/c1-6-8-10-12-14-16-18-20-22-24-26-28-30-31-32-33-34-35-36-38-40-42-44-46-48-50-52-54-56-58-65(68)74-63(62-73-75(69,70)72-60-59-66(3,4)5)61-71-64(67)57-55-53-51-49-47-45-43-41-39-37-29-27-25-23-21-19-17-15-13-11-9-7-2/h8,10,14,16,20,22,26,28,31-32,63H,6-7,9,11-13,15,17-19,21,23-25,27,29-30,33-62H2,1-5H3/b10-8-,16-14-,22-20-,28-26-,32-31-. The van der Waals surface area contributed by atoms with Crippen LogP contribution in [0.4, 0.5) is 0 Å². The number of esters is 2. The third-order valence-electron chi connectivity index (χ3n) is 13.8. The second-order valence-corrected chi connectivity index (χ2v) is 23.8. The van der Waals surface area contributed by atoms with Crippen molar-refractivity contribution < 1.29 is 42.1 Å². The maximum atomic E-state index is 12.8. The highest BCUT2D eigenvalue weighted by atomic mass is 31.2. The predicted molar refractivity (Wildman–Crippen MR) is 319 cm³/mol. The van der Waals surface area contributed by atoms with Crippen LogP contribution in [0.2, 0.25) is 0 Å². The van der Waals surface area contributed by atoms with Gasteiger partial charge in [0, 0.05) is 12.8 Å². The molecule has 0 aromatic heterocycles. The summed E-state index contributed by atoms with van der Waals surface area (Å²) in [7, 11) is 1.17. The van der Waals surface area contributed by atoms with Gasteiger partial charge in [0.05, 0.1) is 27.7 Å². The van der Waals surface area contributed by atoms with Crippen LogP contribution in [0.5, 0.6) is 0 Å². The summed E-state index contributed by atoms with van der Waals surface area (Å²) >= 11 is 0. The predicted octanol–water partition coefficient (Wildman–Crippen LogP) is 19.2. The third-order valence-corrected chi connectivity index (χ3v) is 14.8. The second-order valence-electron chi connectivity index (χ2n) is 22.4. The summed E-state index contributed by atoms with van der Waals surface area (Å²) in [4.78, 5) is 38.0. The Labute approximate surface area is 464 Å². The number of ether oxygens (including phenoxy) is 2. The van der Waals surface area contributed by atoms with Gasteiger partial charge in [0.2, 0.25) is 0 Å². The molecular weight excluding hydrogens is 954 g/mol. The number of hydrogen-bond acceptors (Lipinski definition) is 8. The average Bonchev–Trinajstić information content (AvgIpc) is 3.37. The third kappa shape index (κ3) is 60.8. The Kier molecular flexibility index (Phi) is 54.7. The van der Waals surface area contributed by atoms with Gasteiger partial charge in [0.25, 0.3) is 7.82 Å². The van der Waals surface area contributed by atoms with Crippen molar-refractivity contribution >= 4 is 19.8 Å². The van der Waals surface area contributed by atoms with E-state index in [4.69, 9.17) is 18.5 Å². The lowest BCUT2D eigenvalue weighted by molar-refractivity contribution is -0.870. The van der Waals surface area contributed by atoms with Crippen molar-refractivity contribution in [3.63, 3.8) is 0 Å². The van der Waals surface area contributed by atoms with E-state index in [9.17, 15) is 19.0 Å². The molecule has 0 spiro atoms. The molecule has 0 aliphatic heterocycles. The summed E-state index contributed by atoms with van der Waals surface area (Å²) in [5, 5.41) is 0. The smallest absolute Gasteiger partial charge is 0.306 e. The molecule has 0 fully saturated rings. The molecule has 0 saturated heterocycles. The summed E-state index contributed by atoms with van der Waals surface area (Å²) in [5.74, 6) is -0.822. The van der Waals surface area contributed by atoms with Crippen molar-refractivity contribution in [3.8, 4) is 0 Å². The van der Waals surface area contributed by atoms with Crippen LogP contribution in [0.3, 0.4) is 0 Å². The number of allylic oxidation sites excluding steroid dienone is 10. The number of phosphoric acid groups is 1. The molecule has 0 bridgehead atoms. The molecule has 438 valence electrons. The molecule has 2 atom stereocenters. The van der Waals surface area contributed by atoms with Crippen LogP contribution in [0.1, 0.15) is 290 Å². The van der Waals surface area contributed by atoms with Gasteiger partial charge in [0.15, 0.2) is 6.10 Å². The van der Waals surface area contributed by atoms with Crippen molar-refractivity contribution in [1.82, 2.24) is 0 Å². The van der Waals surface area contributed by atoms with Crippen molar-refractivity contribution in [2.45, 2.75) is 296 Å². The summed E-state index contributed by atoms with van der Waals surface area (Å²) in [6.45, 7) is 4.17. The number of rotatable bonds is 58. The first-order valence-electron chi connectivity index (χ1n) is 31.5. The number of quaternary nitrogens is 1. The average molecular weight is 1070 g/mol. The second kappa shape index (κ2) is 56.4. The molecule has 9 nitrogen and oxygen atoms in total. The van der Waals surface area contributed by atoms with Crippen LogP contribution < -0.4 is 4.89 Å². The number of unbranched alkanes of at least 4 members (excludes halogenated alkanes) is 34. The summed E-state index contributed by atoms with van der Waals surface area (Å²) in [6.07, 6.45) is 72.7. The molecule has 10 heteroatoms. The minimum Gasteiger partial charge on any atom is -0.756 e. The summed E-state index contributed by atoms with van der Waals surface area (Å²) in [6, 6.07) is 0. The van der Waals surface area contributed by atoms with Crippen molar-refractivity contribution in [2.24, 2.45) is 0 Å². The van der Waals surface area contributed by atoms with E-state index in [1.165, 1.54) is 186 Å². The fourth-order valence-corrected chi connectivity index (χ4v) is 9.71. The highest BCUT2D eigenvalue weighted by Crippen LogP contribution is 2.38. The minimum absolute atomic E-state index is 0.0306. The van der Waals surface area contributed by atoms with E-state index in [2.05, 4.69) is 74.6 Å². The van der Waals surface area contributed by atoms with Crippen LogP contribution in [0.15, 0.2) is 60.8 Å². The molecule has 2 unspecified atom stereocenters. The van der Waals surface area contributed by atoms with Gasteiger partial charge in [0.1, 0.15) is 19.8 Å². The maximum absolute atomic E-state index is 12.8. The zero-order chi connectivity index (χ0) is 54.9. The van der Waals surface area contributed by atoms with Crippen molar-refractivity contribution in [3.05, 3.63) is 60.8 Å². The van der Waals surface area contributed by atoms with E-state index in [0.717, 1.165) is 70.6 Å². The van der Waals surface area contributed by atoms with Gasteiger partial charge in [-0.05, 0) is 57.8 Å². The molecular formula is C65H120NO8P. The van der Waals surface area contributed by atoms with Crippen LogP contribution in [-0.4, -0.2) is 70.0 Å². The first-order chi connectivity index (χ1) is 36.5. The molecule has 0 saturated carbocycles. The number of likely N-dealkylation sites (N-methyl/N-ethyl adjacent to an activating group) is 1. The Morgan fingerprint density at radius 2 is 0.760 bits per heavy atom. The van der Waals surface area contributed by atoms with Crippen molar-refractivity contribution in [2.75, 3.05) is 47.5 Å². The molecule has 0 amide bonds. The molecule has 0 heterocycles. The fourth-order valence-electron chi connectivity index (χ4n) is 8.98. The Morgan fingerprint density at radius 3 is 1.13 bits per heavy atom. The van der Waals surface area contributed by atoms with Gasteiger partial charge in [-0.2, -0.15) is 0 Å². The van der Waals surface area contributed by atoms with Crippen LogP contribution in [0, 0.1) is 0 Å². The van der Waals surface area contributed by atoms with Crippen molar-refractivity contribution in [1.29, 1.82) is 0 Å². The largest absolute Gasteiger partial charge is 0.756 e. The van der Waals surface area contributed by atoms with Gasteiger partial charge < -0.3 is 27.9 Å². The molecule has 0 N–H and O–H groups in total. The Morgan fingerprint density at radius 1 is 0.427 bits per heavy atom. The number of carbonyl (C=O) groups excluding carboxylic acids is 2. The molecule has 0 radical (unpaired) electrons. The van der Waals surface area contributed by atoms with Gasteiger partial charge in [-0.3, -0.25) is 14.2 Å². The summed E-state index contributed by atoms with van der Waals surface area (Å²) in [5.41, 5.74) is 0. The monoisotopic (exact) mass is 1070 g/mol. The summed E-state index contributed by atoms with van der Waals surface area (Å²) < 4.78 is 34.2. The lowest BCUT2D eigenvalue weighted by Crippen LogP contribution is -2.37. The Bertz CT molecular complexity index is 1450. The molecule has 0 aliphatic rings.